The van der Waals surface area contributed by atoms with Crippen molar-refractivity contribution in [1.29, 1.82) is 0 Å². The fraction of sp³-hybridized carbons (Fsp3) is 0.357. The first-order valence-electron chi connectivity index (χ1n) is 6.50. The molecule has 106 valence electrons. The van der Waals surface area contributed by atoms with Gasteiger partial charge in [-0.25, -0.2) is 0 Å². The minimum absolute atomic E-state index is 0.187. The number of nitro benzene ring substituents is 1. The lowest BCUT2D eigenvalue weighted by Crippen LogP contribution is -2.17. The molecule has 0 bridgehead atoms. The van der Waals surface area contributed by atoms with E-state index in [2.05, 4.69) is 10.4 Å². The van der Waals surface area contributed by atoms with Crippen molar-refractivity contribution >= 4 is 5.69 Å². The molecule has 6 nitrogen and oxygen atoms in total. The monoisotopic (exact) mass is 274 g/mol. The molecule has 2 rings (SSSR count). The quantitative estimate of drug-likeness (QED) is 0.496. The Hall–Kier alpha value is -2.21. The molecule has 0 amide bonds. The molecule has 0 unspecified atom stereocenters. The molecule has 0 aliphatic heterocycles. The molecule has 0 atom stereocenters. The Bertz CT molecular complexity index is 607. The van der Waals surface area contributed by atoms with Crippen LogP contribution in [0, 0.1) is 17.0 Å². The number of para-hydroxylation sites is 1. The van der Waals surface area contributed by atoms with Crippen molar-refractivity contribution in [2.75, 3.05) is 6.54 Å². The first kappa shape index (κ1) is 14.2. The lowest BCUT2D eigenvalue weighted by Gasteiger charge is -2.05. The van der Waals surface area contributed by atoms with E-state index in [1.54, 1.807) is 18.2 Å². The Morgan fingerprint density at radius 1 is 1.35 bits per heavy atom. The number of nitro groups is 1. The van der Waals surface area contributed by atoms with Gasteiger partial charge in [0.1, 0.15) is 0 Å². The Labute approximate surface area is 117 Å². The van der Waals surface area contributed by atoms with Gasteiger partial charge in [-0.3, -0.25) is 14.8 Å². The summed E-state index contributed by atoms with van der Waals surface area (Å²) >= 11 is 0. The molecule has 6 heteroatoms. The van der Waals surface area contributed by atoms with Gasteiger partial charge in [0.2, 0.25) is 0 Å². The van der Waals surface area contributed by atoms with Gasteiger partial charge in [-0.15, -0.1) is 0 Å². The third-order valence-electron chi connectivity index (χ3n) is 3.41. The van der Waals surface area contributed by atoms with E-state index in [1.165, 1.54) is 0 Å². The van der Waals surface area contributed by atoms with Crippen LogP contribution in [0.25, 0.3) is 0 Å². The SMILES string of the molecule is Cc1c(CNCCc2ccccc2[N+](=O)[O-])cnn1C. The second-order valence-corrected chi connectivity index (χ2v) is 4.69. The Kier molecular flexibility index (Phi) is 4.47. The normalized spacial score (nSPS) is 10.7. The van der Waals surface area contributed by atoms with Crippen molar-refractivity contribution in [2.24, 2.45) is 7.05 Å². The van der Waals surface area contributed by atoms with Crippen molar-refractivity contribution in [3.8, 4) is 0 Å². The molecule has 2 aromatic rings. The number of hydrogen-bond donors (Lipinski definition) is 1. The van der Waals surface area contributed by atoms with Crippen LogP contribution in [-0.4, -0.2) is 21.2 Å². The first-order chi connectivity index (χ1) is 9.59. The van der Waals surface area contributed by atoms with Gasteiger partial charge in [0.15, 0.2) is 0 Å². The van der Waals surface area contributed by atoms with E-state index >= 15 is 0 Å². The number of nitrogens with zero attached hydrogens (tertiary/aromatic N) is 3. The Morgan fingerprint density at radius 2 is 2.10 bits per heavy atom. The maximum absolute atomic E-state index is 10.9. The van der Waals surface area contributed by atoms with Gasteiger partial charge < -0.3 is 5.32 Å². The number of aryl methyl sites for hydroxylation is 1. The van der Waals surface area contributed by atoms with Crippen molar-refractivity contribution in [2.45, 2.75) is 19.9 Å². The third-order valence-corrected chi connectivity index (χ3v) is 3.41. The first-order valence-corrected chi connectivity index (χ1v) is 6.50. The molecule has 0 radical (unpaired) electrons. The van der Waals surface area contributed by atoms with Gasteiger partial charge in [-0.05, 0) is 19.9 Å². The summed E-state index contributed by atoms with van der Waals surface area (Å²) in [5.74, 6) is 0. The summed E-state index contributed by atoms with van der Waals surface area (Å²) in [5, 5.41) is 18.4. The predicted octanol–water partition coefficient (Wildman–Crippen LogP) is 1.97. The molecule has 0 saturated heterocycles. The van der Waals surface area contributed by atoms with Gasteiger partial charge in [-0.2, -0.15) is 5.10 Å². The number of aromatic nitrogens is 2. The number of hydrogen-bond acceptors (Lipinski definition) is 4. The maximum atomic E-state index is 10.9. The van der Waals surface area contributed by atoms with Crippen LogP contribution in [0.2, 0.25) is 0 Å². The smallest absolute Gasteiger partial charge is 0.272 e. The minimum Gasteiger partial charge on any atom is -0.312 e. The highest BCUT2D eigenvalue weighted by atomic mass is 16.6. The zero-order valence-electron chi connectivity index (χ0n) is 11.7. The van der Waals surface area contributed by atoms with Crippen molar-refractivity contribution in [3.63, 3.8) is 0 Å². The molecule has 0 fully saturated rings. The summed E-state index contributed by atoms with van der Waals surface area (Å²) in [4.78, 5) is 10.6. The number of rotatable bonds is 6. The molecule has 0 spiro atoms. The van der Waals surface area contributed by atoms with Crippen LogP contribution < -0.4 is 5.32 Å². The van der Waals surface area contributed by atoms with Crippen LogP contribution in [0.1, 0.15) is 16.8 Å². The van der Waals surface area contributed by atoms with E-state index in [1.807, 2.05) is 30.9 Å². The third kappa shape index (κ3) is 3.21. The largest absolute Gasteiger partial charge is 0.312 e. The van der Waals surface area contributed by atoms with Gasteiger partial charge >= 0.3 is 0 Å². The highest BCUT2D eigenvalue weighted by Crippen LogP contribution is 2.17. The topological polar surface area (TPSA) is 73.0 Å². The Balaban J connectivity index is 1.88. The summed E-state index contributed by atoms with van der Waals surface area (Å²) in [6, 6.07) is 6.86. The molecule has 1 N–H and O–H groups in total. The van der Waals surface area contributed by atoms with Gasteiger partial charge in [-0.1, -0.05) is 18.2 Å². The van der Waals surface area contributed by atoms with Gasteiger partial charge in [0.25, 0.3) is 5.69 Å². The molecule has 0 aliphatic rings. The van der Waals surface area contributed by atoms with E-state index < -0.39 is 0 Å². The second-order valence-electron chi connectivity index (χ2n) is 4.69. The fourth-order valence-corrected chi connectivity index (χ4v) is 2.06. The zero-order chi connectivity index (χ0) is 14.5. The van der Waals surface area contributed by atoms with Gasteiger partial charge in [0, 0.05) is 36.5 Å². The molecule has 1 aromatic heterocycles. The van der Waals surface area contributed by atoms with E-state index in [0.29, 0.717) is 13.0 Å². The lowest BCUT2D eigenvalue weighted by molar-refractivity contribution is -0.385. The van der Waals surface area contributed by atoms with E-state index in [-0.39, 0.29) is 10.6 Å². The molecule has 1 aromatic carbocycles. The molecule has 0 aliphatic carbocycles. The van der Waals surface area contributed by atoms with Crippen LogP contribution in [0.4, 0.5) is 5.69 Å². The zero-order valence-corrected chi connectivity index (χ0v) is 11.7. The summed E-state index contributed by atoms with van der Waals surface area (Å²) in [6.45, 7) is 3.44. The summed E-state index contributed by atoms with van der Waals surface area (Å²) in [5.41, 5.74) is 3.22. The molecular formula is C14H18N4O2. The highest BCUT2D eigenvalue weighted by Gasteiger charge is 2.11. The van der Waals surface area contributed by atoms with Gasteiger partial charge in [0.05, 0.1) is 11.1 Å². The van der Waals surface area contributed by atoms with E-state index in [4.69, 9.17) is 0 Å². The van der Waals surface area contributed by atoms with E-state index in [9.17, 15) is 10.1 Å². The molecular weight excluding hydrogens is 256 g/mol. The predicted molar refractivity (Wildman–Crippen MR) is 76.5 cm³/mol. The van der Waals surface area contributed by atoms with Crippen LogP contribution in [0.15, 0.2) is 30.5 Å². The van der Waals surface area contributed by atoms with Crippen molar-refractivity contribution in [3.05, 3.63) is 57.4 Å². The molecule has 20 heavy (non-hydrogen) atoms. The summed E-state index contributed by atoms with van der Waals surface area (Å²) in [7, 11) is 1.91. The summed E-state index contributed by atoms with van der Waals surface area (Å²) < 4.78 is 1.83. The highest BCUT2D eigenvalue weighted by molar-refractivity contribution is 5.39. The number of nitrogens with one attached hydrogen (secondary N) is 1. The average molecular weight is 274 g/mol. The summed E-state index contributed by atoms with van der Waals surface area (Å²) in [6.07, 6.45) is 2.48. The second kappa shape index (κ2) is 6.29. The average Bonchev–Trinajstić information content (AvgIpc) is 2.75. The van der Waals surface area contributed by atoms with Crippen molar-refractivity contribution < 1.29 is 4.92 Å². The van der Waals surface area contributed by atoms with E-state index in [0.717, 1.165) is 23.4 Å². The maximum Gasteiger partial charge on any atom is 0.272 e. The van der Waals surface area contributed by atoms with Crippen LogP contribution in [0.5, 0.6) is 0 Å². The molecule has 0 saturated carbocycles. The fourth-order valence-electron chi connectivity index (χ4n) is 2.06. The minimum atomic E-state index is -0.333. The lowest BCUT2D eigenvalue weighted by atomic mass is 10.1. The molecule has 1 heterocycles. The van der Waals surface area contributed by atoms with Crippen molar-refractivity contribution in [1.82, 2.24) is 15.1 Å². The number of benzene rings is 1. The van der Waals surface area contributed by atoms with Crippen LogP contribution >= 0.6 is 0 Å². The van der Waals surface area contributed by atoms with Crippen LogP contribution in [-0.2, 0) is 20.0 Å². The Morgan fingerprint density at radius 3 is 2.75 bits per heavy atom. The van der Waals surface area contributed by atoms with Crippen LogP contribution in [0.3, 0.4) is 0 Å². The standard InChI is InChI=1S/C14H18N4O2/c1-11-13(10-16-17(11)2)9-15-8-7-12-5-3-4-6-14(12)18(19)20/h3-6,10,15H,7-9H2,1-2H3.